The summed E-state index contributed by atoms with van der Waals surface area (Å²) < 4.78 is 31.6. The average Bonchev–Trinajstić information content (AvgIpc) is 3.22. The highest BCUT2D eigenvalue weighted by Crippen LogP contribution is 2.32. The average molecular weight is 416 g/mol. The van der Waals surface area contributed by atoms with E-state index in [-0.39, 0.29) is 17.3 Å². The molecule has 1 atom stereocenters. The van der Waals surface area contributed by atoms with E-state index in [9.17, 15) is 13.2 Å². The van der Waals surface area contributed by atoms with Crippen LogP contribution in [0.25, 0.3) is 0 Å². The Morgan fingerprint density at radius 2 is 1.75 bits per heavy atom. The number of nitrogens with one attached hydrogen (secondary N) is 1. The van der Waals surface area contributed by atoms with Crippen LogP contribution in [0.1, 0.15) is 26.0 Å². The number of benzene rings is 2. The van der Waals surface area contributed by atoms with Gasteiger partial charge in [-0.15, -0.1) is 11.3 Å². The summed E-state index contributed by atoms with van der Waals surface area (Å²) in [5, 5.41) is 3.73. The molecule has 5 nitrogen and oxygen atoms in total. The summed E-state index contributed by atoms with van der Waals surface area (Å²) in [6.45, 7) is 1.93. The molecule has 1 N–H and O–H groups in total. The van der Waals surface area contributed by atoms with Crippen molar-refractivity contribution in [3.05, 3.63) is 82.0 Å². The maximum atomic E-state index is 13.2. The van der Waals surface area contributed by atoms with E-state index in [4.69, 9.17) is 4.74 Å². The lowest BCUT2D eigenvalue weighted by molar-refractivity contribution is 0.0953. The first kappa shape index (κ1) is 20.1. The second kappa shape index (κ2) is 8.58. The Balaban J connectivity index is 1.85. The lowest BCUT2D eigenvalue weighted by Crippen LogP contribution is -2.31. The minimum absolute atomic E-state index is 0.0123. The number of carbonyl (C=O) groups is 1. The Kier molecular flexibility index (Phi) is 6.16. The first-order valence-electron chi connectivity index (χ1n) is 8.68. The number of carbonyl (C=O) groups excluding carboxylic acids is 1. The molecule has 0 aliphatic carbocycles. The third-order valence-corrected chi connectivity index (χ3v) is 7.62. The number of aryl methyl sites for hydroxylation is 1. The number of rotatable bonds is 7. The van der Waals surface area contributed by atoms with Crippen molar-refractivity contribution < 1.29 is 17.9 Å². The van der Waals surface area contributed by atoms with Crippen LogP contribution >= 0.6 is 11.3 Å². The Morgan fingerprint density at radius 1 is 1.07 bits per heavy atom. The van der Waals surface area contributed by atoms with Gasteiger partial charge in [-0.25, -0.2) is 8.42 Å². The van der Waals surface area contributed by atoms with Crippen LogP contribution in [0.5, 0.6) is 5.75 Å². The van der Waals surface area contributed by atoms with E-state index in [0.29, 0.717) is 16.2 Å². The molecular weight excluding hydrogens is 394 g/mol. The molecule has 2 aromatic carbocycles. The SMILES string of the molecule is COc1ccc(S(=O)(=O)[C@@H](CNC(=O)c2ccc(C)cc2)c2cccs2)cc1. The molecule has 0 bridgehead atoms. The Bertz CT molecular complexity index is 1030. The summed E-state index contributed by atoms with van der Waals surface area (Å²) in [7, 11) is -2.17. The number of ether oxygens (including phenoxy) is 1. The minimum atomic E-state index is -3.69. The van der Waals surface area contributed by atoms with Crippen molar-refractivity contribution in [2.75, 3.05) is 13.7 Å². The van der Waals surface area contributed by atoms with Crippen LogP contribution in [0.4, 0.5) is 0 Å². The van der Waals surface area contributed by atoms with Crippen LogP contribution in [0.2, 0.25) is 0 Å². The van der Waals surface area contributed by atoms with Gasteiger partial charge in [-0.05, 0) is 54.8 Å². The number of methoxy groups -OCH3 is 1. The predicted octanol–water partition coefficient (Wildman–Crippen LogP) is 4.01. The molecule has 0 aliphatic rings. The maximum Gasteiger partial charge on any atom is 0.251 e. The minimum Gasteiger partial charge on any atom is -0.497 e. The van der Waals surface area contributed by atoms with Crippen LogP contribution < -0.4 is 10.1 Å². The fourth-order valence-electron chi connectivity index (χ4n) is 2.76. The van der Waals surface area contributed by atoms with Gasteiger partial charge in [0.2, 0.25) is 0 Å². The van der Waals surface area contributed by atoms with E-state index in [2.05, 4.69) is 5.32 Å². The van der Waals surface area contributed by atoms with Gasteiger partial charge in [0.15, 0.2) is 9.84 Å². The molecule has 0 radical (unpaired) electrons. The number of sulfone groups is 1. The third kappa shape index (κ3) is 4.43. The number of hydrogen-bond acceptors (Lipinski definition) is 5. The standard InChI is InChI=1S/C21H21NO4S2/c1-15-5-7-16(8-6-15)21(23)22-14-20(19-4-3-13-27-19)28(24,25)18-11-9-17(26-2)10-12-18/h3-13,20H,14H2,1-2H3,(H,22,23)/t20-/m0/s1. The van der Waals surface area contributed by atoms with Crippen molar-refractivity contribution in [2.45, 2.75) is 17.1 Å². The largest absolute Gasteiger partial charge is 0.497 e. The molecule has 1 heterocycles. The number of amides is 1. The summed E-state index contributed by atoms with van der Waals surface area (Å²) in [6, 6.07) is 17.0. The van der Waals surface area contributed by atoms with Gasteiger partial charge in [0.1, 0.15) is 11.0 Å². The fraction of sp³-hybridized carbons (Fsp3) is 0.190. The summed E-state index contributed by atoms with van der Waals surface area (Å²) in [5.41, 5.74) is 1.55. The molecule has 28 heavy (non-hydrogen) atoms. The molecule has 3 rings (SSSR count). The highest BCUT2D eigenvalue weighted by Gasteiger charge is 2.30. The monoisotopic (exact) mass is 415 g/mol. The molecule has 0 spiro atoms. The Labute approximate surface area is 168 Å². The van der Waals surface area contributed by atoms with E-state index >= 15 is 0 Å². The van der Waals surface area contributed by atoms with Crippen molar-refractivity contribution in [3.8, 4) is 5.75 Å². The second-order valence-electron chi connectivity index (χ2n) is 6.30. The molecule has 0 unspecified atom stereocenters. The summed E-state index contributed by atoms with van der Waals surface area (Å²) in [6.07, 6.45) is 0. The van der Waals surface area contributed by atoms with Crippen LogP contribution in [0.15, 0.2) is 70.9 Å². The molecule has 146 valence electrons. The zero-order valence-electron chi connectivity index (χ0n) is 15.6. The van der Waals surface area contributed by atoms with Gasteiger partial charge in [0.25, 0.3) is 5.91 Å². The molecule has 0 fully saturated rings. The highest BCUT2D eigenvalue weighted by molar-refractivity contribution is 7.91. The lowest BCUT2D eigenvalue weighted by atomic mass is 10.1. The van der Waals surface area contributed by atoms with Gasteiger partial charge in [0.05, 0.1) is 12.0 Å². The lowest BCUT2D eigenvalue weighted by Gasteiger charge is -2.18. The van der Waals surface area contributed by atoms with Gasteiger partial charge in [0, 0.05) is 17.0 Å². The topological polar surface area (TPSA) is 72.5 Å². The molecule has 3 aromatic rings. The number of hydrogen-bond donors (Lipinski definition) is 1. The van der Waals surface area contributed by atoms with E-state index in [1.807, 2.05) is 24.4 Å². The smallest absolute Gasteiger partial charge is 0.251 e. The van der Waals surface area contributed by atoms with E-state index in [0.717, 1.165) is 5.56 Å². The summed E-state index contributed by atoms with van der Waals surface area (Å²) >= 11 is 1.35. The molecule has 7 heteroatoms. The Morgan fingerprint density at radius 3 is 2.32 bits per heavy atom. The molecule has 0 aliphatic heterocycles. The van der Waals surface area contributed by atoms with Crippen LogP contribution in [-0.4, -0.2) is 28.0 Å². The molecular formula is C21H21NO4S2. The van der Waals surface area contributed by atoms with E-state index in [1.54, 1.807) is 36.4 Å². The highest BCUT2D eigenvalue weighted by atomic mass is 32.2. The van der Waals surface area contributed by atoms with E-state index in [1.165, 1.54) is 30.6 Å². The third-order valence-electron chi connectivity index (χ3n) is 4.38. The first-order valence-corrected chi connectivity index (χ1v) is 11.1. The van der Waals surface area contributed by atoms with Gasteiger partial charge >= 0.3 is 0 Å². The quantitative estimate of drug-likeness (QED) is 0.633. The molecule has 1 aromatic heterocycles. The van der Waals surface area contributed by atoms with Crippen LogP contribution in [-0.2, 0) is 9.84 Å². The van der Waals surface area contributed by atoms with Gasteiger partial charge in [-0.2, -0.15) is 0 Å². The van der Waals surface area contributed by atoms with Crippen molar-refractivity contribution in [2.24, 2.45) is 0 Å². The first-order chi connectivity index (χ1) is 13.4. The zero-order valence-corrected chi connectivity index (χ0v) is 17.2. The predicted molar refractivity (Wildman–Crippen MR) is 111 cm³/mol. The van der Waals surface area contributed by atoms with Crippen LogP contribution in [0, 0.1) is 6.92 Å². The zero-order chi connectivity index (χ0) is 20.1. The van der Waals surface area contributed by atoms with Crippen LogP contribution in [0.3, 0.4) is 0 Å². The molecule has 0 saturated carbocycles. The normalized spacial score (nSPS) is 12.4. The van der Waals surface area contributed by atoms with E-state index < -0.39 is 15.1 Å². The second-order valence-corrected chi connectivity index (χ2v) is 9.41. The molecule has 0 saturated heterocycles. The van der Waals surface area contributed by atoms with Crippen molar-refractivity contribution >= 4 is 27.1 Å². The molecule has 1 amide bonds. The van der Waals surface area contributed by atoms with Crippen molar-refractivity contribution in [1.82, 2.24) is 5.32 Å². The summed E-state index contributed by atoms with van der Waals surface area (Å²) in [5.74, 6) is 0.283. The number of thiophene rings is 1. The van der Waals surface area contributed by atoms with Gasteiger partial charge in [-0.1, -0.05) is 23.8 Å². The fourth-order valence-corrected chi connectivity index (χ4v) is 5.54. The van der Waals surface area contributed by atoms with Crippen molar-refractivity contribution in [1.29, 1.82) is 0 Å². The van der Waals surface area contributed by atoms with Gasteiger partial charge in [-0.3, -0.25) is 4.79 Å². The Hall–Kier alpha value is -2.64. The van der Waals surface area contributed by atoms with Gasteiger partial charge < -0.3 is 10.1 Å². The van der Waals surface area contributed by atoms with Crippen molar-refractivity contribution in [3.63, 3.8) is 0 Å². The maximum absolute atomic E-state index is 13.2. The summed E-state index contributed by atoms with van der Waals surface area (Å²) in [4.78, 5) is 13.3.